The first kappa shape index (κ1) is 20.4. The summed E-state index contributed by atoms with van der Waals surface area (Å²) in [6, 6.07) is 18.1. The summed E-state index contributed by atoms with van der Waals surface area (Å²) in [6.07, 6.45) is 3.29. The summed E-state index contributed by atoms with van der Waals surface area (Å²) in [7, 11) is 0. The SMILES string of the molecule is CC(=O)Nc1c(-c2ccncc2)c(-c2ccc(F)cc2)nn1CCO.c1cc2cc-2c1. The molecule has 2 heterocycles. The van der Waals surface area contributed by atoms with E-state index in [4.69, 9.17) is 0 Å². The Kier molecular flexibility index (Phi) is 5.86. The fourth-order valence-electron chi connectivity index (χ4n) is 3.29. The molecule has 0 unspecified atom stereocenters. The van der Waals surface area contributed by atoms with E-state index < -0.39 is 0 Å². The van der Waals surface area contributed by atoms with Gasteiger partial charge in [0, 0.05) is 24.9 Å². The number of hydrogen-bond donors (Lipinski definition) is 2. The molecule has 2 aliphatic rings. The zero-order valence-electron chi connectivity index (χ0n) is 16.9. The van der Waals surface area contributed by atoms with E-state index in [-0.39, 0.29) is 24.9 Å². The number of fused-ring (bicyclic) bond motifs is 1. The lowest BCUT2D eigenvalue weighted by Gasteiger charge is -2.09. The predicted octanol–water partition coefficient (Wildman–Crippen LogP) is 4.37. The quantitative estimate of drug-likeness (QED) is 0.446. The van der Waals surface area contributed by atoms with Crippen molar-refractivity contribution in [3.05, 3.63) is 78.9 Å². The first-order valence-electron chi connectivity index (χ1n) is 9.83. The van der Waals surface area contributed by atoms with Gasteiger partial charge in [0.2, 0.25) is 5.91 Å². The van der Waals surface area contributed by atoms with Gasteiger partial charge in [-0.25, -0.2) is 9.07 Å². The number of aromatic nitrogens is 3. The van der Waals surface area contributed by atoms with Crippen LogP contribution in [0.2, 0.25) is 0 Å². The highest BCUT2D eigenvalue weighted by Gasteiger charge is 2.21. The third kappa shape index (κ3) is 4.67. The summed E-state index contributed by atoms with van der Waals surface area (Å²) < 4.78 is 14.8. The summed E-state index contributed by atoms with van der Waals surface area (Å²) in [5.41, 5.74) is 5.64. The van der Waals surface area contributed by atoms with Crippen molar-refractivity contribution in [2.24, 2.45) is 0 Å². The van der Waals surface area contributed by atoms with Crippen LogP contribution in [-0.4, -0.2) is 32.4 Å². The Bertz CT molecular complexity index is 1190. The first-order valence-corrected chi connectivity index (χ1v) is 9.83. The molecule has 1 amide bonds. The summed E-state index contributed by atoms with van der Waals surface area (Å²) in [6.45, 7) is 1.49. The molecule has 5 rings (SSSR count). The van der Waals surface area contributed by atoms with Crippen LogP contribution in [0.4, 0.5) is 10.2 Å². The highest BCUT2D eigenvalue weighted by molar-refractivity contribution is 5.97. The van der Waals surface area contributed by atoms with Crippen molar-refractivity contribution in [3.63, 3.8) is 0 Å². The van der Waals surface area contributed by atoms with Crippen LogP contribution in [0.1, 0.15) is 6.92 Å². The predicted molar refractivity (Wildman–Crippen MR) is 118 cm³/mol. The summed E-state index contributed by atoms with van der Waals surface area (Å²) in [4.78, 5) is 15.7. The van der Waals surface area contributed by atoms with Crippen LogP contribution in [0, 0.1) is 5.82 Å². The minimum atomic E-state index is -0.342. The van der Waals surface area contributed by atoms with Crippen LogP contribution in [0.3, 0.4) is 0 Å². The molecule has 0 saturated carbocycles. The van der Waals surface area contributed by atoms with Gasteiger partial charge in [0.25, 0.3) is 0 Å². The number of amides is 1. The number of halogens is 1. The number of aliphatic hydroxyl groups is 1. The number of nitrogens with zero attached hydrogens (tertiary/aromatic N) is 3. The summed E-state index contributed by atoms with van der Waals surface area (Å²) in [5.74, 6) is -0.113. The monoisotopic (exact) mass is 416 g/mol. The zero-order chi connectivity index (χ0) is 21.8. The number of pyridine rings is 1. The third-order valence-corrected chi connectivity index (χ3v) is 4.76. The number of aliphatic hydroxyl groups excluding tert-OH is 1. The van der Waals surface area contributed by atoms with Crippen molar-refractivity contribution in [2.75, 3.05) is 11.9 Å². The van der Waals surface area contributed by atoms with Crippen LogP contribution in [0.15, 0.2) is 73.1 Å². The Morgan fingerprint density at radius 3 is 2.19 bits per heavy atom. The van der Waals surface area contributed by atoms with Gasteiger partial charge in [-0.05, 0) is 59.2 Å². The maximum absolute atomic E-state index is 13.3. The zero-order valence-corrected chi connectivity index (χ0v) is 16.9. The van der Waals surface area contributed by atoms with Crippen molar-refractivity contribution in [1.82, 2.24) is 14.8 Å². The Morgan fingerprint density at radius 2 is 1.68 bits per heavy atom. The van der Waals surface area contributed by atoms with Crippen LogP contribution in [0.5, 0.6) is 0 Å². The lowest BCUT2D eigenvalue weighted by atomic mass is 10.0. The van der Waals surface area contributed by atoms with Crippen molar-refractivity contribution >= 4 is 11.7 Å². The number of carbonyl (C=O) groups excluding carboxylic acids is 1. The van der Waals surface area contributed by atoms with Gasteiger partial charge in [0.1, 0.15) is 17.3 Å². The minimum absolute atomic E-state index is 0.132. The van der Waals surface area contributed by atoms with Gasteiger partial charge in [-0.1, -0.05) is 18.2 Å². The molecule has 31 heavy (non-hydrogen) atoms. The molecule has 1 aromatic carbocycles. The second-order valence-electron chi connectivity index (χ2n) is 7.02. The normalized spacial score (nSPS) is 10.8. The van der Waals surface area contributed by atoms with E-state index >= 15 is 0 Å². The minimum Gasteiger partial charge on any atom is -0.394 e. The Balaban J connectivity index is 0.000000325. The topological polar surface area (TPSA) is 80.0 Å². The average molecular weight is 416 g/mol. The standard InChI is InChI=1S/C18H17FN4O2.C6H4/c1-12(25)21-18-16(13-6-8-20-9-7-13)17(22-23(18)10-11-24)14-2-4-15(19)5-3-14;1-2-5-4-6(5)3-1/h2-9,24H,10-11H2,1H3,(H,21,25);1-4H. The van der Waals surface area contributed by atoms with Crippen LogP contribution in [-0.2, 0) is 11.3 Å². The molecule has 0 bridgehead atoms. The molecule has 0 spiro atoms. The molecule has 7 heteroatoms. The van der Waals surface area contributed by atoms with Crippen molar-refractivity contribution in [3.8, 4) is 33.5 Å². The Hall–Kier alpha value is -3.84. The molecule has 0 fully saturated rings. The number of nitrogens with one attached hydrogen (secondary N) is 1. The fraction of sp³-hybridized carbons (Fsp3) is 0.125. The molecule has 2 aliphatic carbocycles. The van der Waals surface area contributed by atoms with Crippen molar-refractivity contribution < 1.29 is 14.3 Å². The van der Waals surface area contributed by atoms with E-state index in [0.717, 1.165) is 5.56 Å². The molecule has 2 N–H and O–H groups in total. The van der Waals surface area contributed by atoms with Crippen LogP contribution >= 0.6 is 0 Å². The molecule has 3 aromatic rings. The molecule has 0 saturated heterocycles. The molecule has 6 nitrogen and oxygen atoms in total. The van der Waals surface area contributed by atoms with Gasteiger partial charge >= 0.3 is 0 Å². The molecule has 156 valence electrons. The summed E-state index contributed by atoms with van der Waals surface area (Å²) >= 11 is 0. The largest absolute Gasteiger partial charge is 0.394 e. The van der Waals surface area contributed by atoms with Crippen molar-refractivity contribution in [1.29, 1.82) is 0 Å². The molecular formula is C24H21FN4O2. The van der Waals surface area contributed by atoms with E-state index in [0.29, 0.717) is 22.6 Å². The van der Waals surface area contributed by atoms with Crippen LogP contribution in [0.25, 0.3) is 33.5 Å². The number of carbonyl (C=O) groups is 1. The second kappa shape index (κ2) is 8.89. The van der Waals surface area contributed by atoms with Gasteiger partial charge in [0.15, 0.2) is 0 Å². The lowest BCUT2D eigenvalue weighted by molar-refractivity contribution is -0.114. The molecule has 0 aliphatic heterocycles. The van der Waals surface area contributed by atoms with E-state index in [1.54, 1.807) is 36.7 Å². The number of anilines is 1. The van der Waals surface area contributed by atoms with Gasteiger partial charge in [0.05, 0.1) is 18.7 Å². The highest BCUT2D eigenvalue weighted by atomic mass is 19.1. The van der Waals surface area contributed by atoms with Gasteiger partial charge in [-0.15, -0.1) is 0 Å². The Labute approximate surface area is 179 Å². The van der Waals surface area contributed by atoms with E-state index in [1.807, 2.05) is 0 Å². The van der Waals surface area contributed by atoms with Gasteiger partial charge in [-0.2, -0.15) is 5.10 Å². The van der Waals surface area contributed by atoms with Crippen LogP contribution < -0.4 is 5.32 Å². The lowest BCUT2D eigenvalue weighted by Crippen LogP contribution is -2.14. The van der Waals surface area contributed by atoms with Gasteiger partial charge < -0.3 is 10.4 Å². The molecule has 0 radical (unpaired) electrons. The van der Waals surface area contributed by atoms with Gasteiger partial charge in [-0.3, -0.25) is 9.78 Å². The Morgan fingerprint density at radius 1 is 1.00 bits per heavy atom. The van der Waals surface area contributed by atoms with Crippen molar-refractivity contribution in [2.45, 2.75) is 13.5 Å². The fourth-order valence-corrected chi connectivity index (χ4v) is 3.29. The molecular weight excluding hydrogens is 395 g/mol. The highest BCUT2D eigenvalue weighted by Crippen LogP contribution is 2.37. The first-order chi connectivity index (χ1) is 15.1. The maximum atomic E-state index is 13.3. The average Bonchev–Trinajstić information content (AvgIpc) is 3.21. The maximum Gasteiger partial charge on any atom is 0.222 e. The summed E-state index contributed by atoms with van der Waals surface area (Å²) in [5, 5.41) is 16.6. The smallest absolute Gasteiger partial charge is 0.222 e. The molecule has 0 atom stereocenters. The second-order valence-corrected chi connectivity index (χ2v) is 7.02. The third-order valence-electron chi connectivity index (χ3n) is 4.76. The number of benzene rings is 2. The van der Waals surface area contributed by atoms with E-state index in [2.05, 4.69) is 39.7 Å². The van der Waals surface area contributed by atoms with E-state index in [1.165, 1.54) is 34.9 Å². The molecule has 2 aromatic heterocycles. The number of rotatable bonds is 5. The van der Waals surface area contributed by atoms with E-state index in [9.17, 15) is 14.3 Å². The number of hydrogen-bond acceptors (Lipinski definition) is 4.